The molecular weight excluding hydrogens is 314 g/mol. The molecule has 0 atom stereocenters. The number of ether oxygens (including phenoxy) is 2. The van der Waals surface area contributed by atoms with E-state index in [9.17, 15) is 0 Å². The Morgan fingerprint density at radius 3 is 2.76 bits per heavy atom. The zero-order valence-electron chi connectivity index (χ0n) is 15.0. The van der Waals surface area contributed by atoms with E-state index in [1.54, 1.807) is 7.11 Å². The van der Waals surface area contributed by atoms with Gasteiger partial charge in [0.2, 0.25) is 0 Å². The third kappa shape index (κ3) is 4.22. The predicted octanol–water partition coefficient (Wildman–Crippen LogP) is 3.22. The lowest BCUT2D eigenvalue weighted by Gasteiger charge is -2.20. The third-order valence-corrected chi connectivity index (χ3v) is 5.13. The van der Waals surface area contributed by atoms with E-state index >= 15 is 0 Å². The summed E-state index contributed by atoms with van der Waals surface area (Å²) in [6, 6.07) is 8.38. The number of imidazole rings is 1. The monoisotopic (exact) mass is 341 g/mol. The Kier molecular flexibility index (Phi) is 5.04. The Labute approximate surface area is 149 Å². The number of rotatable bonds is 7. The minimum atomic E-state index is 0.648. The fourth-order valence-corrected chi connectivity index (χ4v) is 3.43. The summed E-state index contributed by atoms with van der Waals surface area (Å²) in [4.78, 5) is 7.12. The van der Waals surface area contributed by atoms with Crippen LogP contribution in [0.2, 0.25) is 0 Å². The van der Waals surface area contributed by atoms with E-state index in [0.29, 0.717) is 6.61 Å². The van der Waals surface area contributed by atoms with Gasteiger partial charge in [-0.15, -0.1) is 0 Å². The molecule has 2 aliphatic rings. The van der Waals surface area contributed by atoms with Crippen molar-refractivity contribution in [1.29, 1.82) is 0 Å². The van der Waals surface area contributed by atoms with Crippen LogP contribution in [0.25, 0.3) is 0 Å². The lowest BCUT2D eigenvalue weighted by molar-refractivity contribution is 0.107. The van der Waals surface area contributed by atoms with Crippen LogP contribution in [0.4, 0.5) is 0 Å². The number of hydrogen-bond donors (Lipinski definition) is 0. The molecule has 0 radical (unpaired) electrons. The van der Waals surface area contributed by atoms with E-state index in [1.165, 1.54) is 24.1 Å². The average molecular weight is 341 g/mol. The Morgan fingerprint density at radius 2 is 2.00 bits per heavy atom. The van der Waals surface area contributed by atoms with Crippen LogP contribution in [0.15, 0.2) is 30.6 Å². The Morgan fingerprint density at radius 1 is 1.16 bits per heavy atom. The largest absolute Gasteiger partial charge is 0.497 e. The topological polar surface area (TPSA) is 39.5 Å². The second kappa shape index (κ2) is 7.58. The minimum Gasteiger partial charge on any atom is -0.497 e. The quantitative estimate of drug-likeness (QED) is 0.775. The molecule has 4 rings (SSSR count). The molecule has 134 valence electrons. The summed E-state index contributed by atoms with van der Waals surface area (Å²) in [5.74, 6) is 1.71. The van der Waals surface area contributed by atoms with Crippen molar-refractivity contribution in [2.75, 3.05) is 20.3 Å². The molecule has 2 heterocycles. The molecule has 25 heavy (non-hydrogen) atoms. The van der Waals surface area contributed by atoms with Gasteiger partial charge in [0.05, 0.1) is 31.4 Å². The number of methoxy groups -OCH3 is 1. The highest BCUT2D eigenvalue weighted by molar-refractivity contribution is 5.27. The summed E-state index contributed by atoms with van der Waals surface area (Å²) >= 11 is 0. The van der Waals surface area contributed by atoms with E-state index in [0.717, 1.165) is 56.6 Å². The van der Waals surface area contributed by atoms with Crippen molar-refractivity contribution in [1.82, 2.24) is 14.5 Å². The third-order valence-electron chi connectivity index (χ3n) is 5.13. The number of aromatic nitrogens is 2. The van der Waals surface area contributed by atoms with Crippen LogP contribution in [-0.2, 0) is 31.0 Å². The summed E-state index contributed by atoms with van der Waals surface area (Å²) in [6.07, 6.45) is 5.80. The maximum absolute atomic E-state index is 5.88. The molecular formula is C20H27N3O2. The van der Waals surface area contributed by atoms with E-state index in [1.807, 2.05) is 18.5 Å². The van der Waals surface area contributed by atoms with Crippen molar-refractivity contribution in [2.24, 2.45) is 5.92 Å². The smallest absolute Gasteiger partial charge is 0.118 e. The summed E-state index contributed by atoms with van der Waals surface area (Å²) in [5.41, 5.74) is 3.75. The van der Waals surface area contributed by atoms with Gasteiger partial charge in [-0.1, -0.05) is 12.1 Å². The van der Waals surface area contributed by atoms with E-state index < -0.39 is 0 Å². The number of fused-ring (bicyclic) bond motifs is 1. The average Bonchev–Trinajstić information content (AvgIpc) is 3.41. The lowest BCUT2D eigenvalue weighted by atomic mass is 10.2. The Bertz CT molecular complexity index is 691. The van der Waals surface area contributed by atoms with Gasteiger partial charge in [0.1, 0.15) is 5.75 Å². The highest BCUT2D eigenvalue weighted by Crippen LogP contribution is 2.29. The van der Waals surface area contributed by atoms with Crippen molar-refractivity contribution in [3.8, 4) is 5.75 Å². The first kappa shape index (κ1) is 16.6. The Balaban J connectivity index is 1.40. The van der Waals surface area contributed by atoms with Gasteiger partial charge in [-0.2, -0.15) is 0 Å². The Hall–Kier alpha value is -1.85. The summed E-state index contributed by atoms with van der Waals surface area (Å²) in [7, 11) is 1.71. The van der Waals surface area contributed by atoms with E-state index in [-0.39, 0.29) is 0 Å². The van der Waals surface area contributed by atoms with Crippen LogP contribution in [-0.4, -0.2) is 34.7 Å². The van der Waals surface area contributed by atoms with E-state index in [2.05, 4.69) is 26.6 Å². The molecule has 5 nitrogen and oxygen atoms in total. The molecule has 1 aliphatic carbocycles. The molecule has 0 spiro atoms. The van der Waals surface area contributed by atoms with Gasteiger partial charge in [-0.3, -0.25) is 4.90 Å². The van der Waals surface area contributed by atoms with Gasteiger partial charge >= 0.3 is 0 Å². The molecule has 0 amide bonds. The molecule has 1 aromatic carbocycles. The van der Waals surface area contributed by atoms with Crippen molar-refractivity contribution < 1.29 is 9.47 Å². The highest BCUT2D eigenvalue weighted by atomic mass is 16.5. The van der Waals surface area contributed by atoms with Gasteiger partial charge in [-0.25, -0.2) is 4.98 Å². The second-order valence-corrected chi connectivity index (χ2v) is 7.20. The highest BCUT2D eigenvalue weighted by Gasteiger charge is 2.23. The van der Waals surface area contributed by atoms with Gasteiger partial charge in [0.15, 0.2) is 0 Å². The van der Waals surface area contributed by atoms with Crippen LogP contribution < -0.4 is 4.74 Å². The SMILES string of the molecule is COc1ccc(CN2CCCn3cnc(COCC4CC4)c3C2)cc1. The van der Waals surface area contributed by atoms with Gasteiger partial charge in [-0.05, 0) is 42.9 Å². The zero-order chi connectivity index (χ0) is 17.1. The number of hydrogen-bond acceptors (Lipinski definition) is 4. The molecule has 1 aliphatic heterocycles. The van der Waals surface area contributed by atoms with Gasteiger partial charge in [0.25, 0.3) is 0 Å². The van der Waals surface area contributed by atoms with Gasteiger partial charge in [0, 0.05) is 32.8 Å². The van der Waals surface area contributed by atoms with Crippen molar-refractivity contribution in [3.05, 3.63) is 47.5 Å². The first-order valence-corrected chi connectivity index (χ1v) is 9.28. The molecule has 1 aromatic heterocycles. The minimum absolute atomic E-state index is 0.648. The summed E-state index contributed by atoms with van der Waals surface area (Å²) in [5, 5.41) is 0. The normalized spacial score (nSPS) is 18.0. The molecule has 5 heteroatoms. The van der Waals surface area contributed by atoms with Crippen molar-refractivity contribution >= 4 is 0 Å². The van der Waals surface area contributed by atoms with Crippen molar-refractivity contribution in [3.63, 3.8) is 0 Å². The molecule has 2 aromatic rings. The fourth-order valence-electron chi connectivity index (χ4n) is 3.43. The standard InChI is InChI=1S/C20H27N3O2/c1-24-18-7-5-16(6-8-18)11-22-9-2-10-23-15-21-19(20(23)12-22)14-25-13-17-3-4-17/h5-8,15,17H,2-4,9-14H2,1H3. The van der Waals surface area contributed by atoms with Gasteiger partial charge < -0.3 is 14.0 Å². The predicted molar refractivity (Wildman–Crippen MR) is 96.3 cm³/mol. The number of benzene rings is 1. The van der Waals surface area contributed by atoms with Crippen LogP contribution in [0, 0.1) is 5.92 Å². The number of aryl methyl sites for hydroxylation is 1. The maximum Gasteiger partial charge on any atom is 0.118 e. The zero-order valence-corrected chi connectivity index (χ0v) is 15.0. The summed E-state index contributed by atoms with van der Waals surface area (Å²) in [6.45, 7) is 5.59. The molecule has 0 unspecified atom stereocenters. The first-order valence-electron chi connectivity index (χ1n) is 9.28. The molecule has 0 saturated heterocycles. The van der Waals surface area contributed by atoms with Crippen LogP contribution in [0.1, 0.15) is 36.2 Å². The molecule has 0 bridgehead atoms. The fraction of sp³-hybridized carbons (Fsp3) is 0.550. The molecule has 1 fully saturated rings. The van der Waals surface area contributed by atoms with Crippen LogP contribution in [0.5, 0.6) is 5.75 Å². The van der Waals surface area contributed by atoms with Crippen molar-refractivity contribution in [2.45, 2.75) is 45.5 Å². The maximum atomic E-state index is 5.88. The number of nitrogens with zero attached hydrogens (tertiary/aromatic N) is 3. The first-order chi connectivity index (χ1) is 12.3. The molecule has 0 N–H and O–H groups in total. The second-order valence-electron chi connectivity index (χ2n) is 7.20. The van der Waals surface area contributed by atoms with E-state index in [4.69, 9.17) is 9.47 Å². The van der Waals surface area contributed by atoms with Crippen LogP contribution >= 0.6 is 0 Å². The summed E-state index contributed by atoms with van der Waals surface area (Å²) < 4.78 is 13.4. The van der Waals surface area contributed by atoms with Crippen LogP contribution in [0.3, 0.4) is 0 Å². The lowest BCUT2D eigenvalue weighted by Crippen LogP contribution is -2.23. The molecule has 1 saturated carbocycles.